The molecule has 0 saturated carbocycles. The number of halogens is 1. The first kappa shape index (κ1) is 6.89. The fourth-order valence-electron chi connectivity index (χ4n) is 0.389. The molecule has 0 radical (unpaired) electrons. The summed E-state index contributed by atoms with van der Waals surface area (Å²) < 4.78 is 11.5. The minimum atomic E-state index is -1.63. The van der Waals surface area contributed by atoms with Crippen LogP contribution < -0.4 is 0 Å². The Morgan fingerprint density at radius 3 is 2.00 bits per heavy atom. The van der Waals surface area contributed by atoms with E-state index in [4.69, 9.17) is 5.11 Å². The third-order valence-electron chi connectivity index (χ3n) is 0.666. The van der Waals surface area contributed by atoms with Crippen LogP contribution in [-0.2, 0) is 0 Å². The van der Waals surface area contributed by atoms with Gasteiger partial charge < -0.3 is 5.11 Å². The second-order valence-electron chi connectivity index (χ2n) is 2.06. The molecular weight excluding hydrogens is 95.1 g/mol. The Balaban J connectivity index is 2.95. The summed E-state index contributed by atoms with van der Waals surface area (Å²) >= 11 is 0. The molecule has 0 saturated heterocycles. The highest BCUT2D eigenvalue weighted by atomic mass is 19.1. The van der Waals surface area contributed by atoms with Gasteiger partial charge in [0.25, 0.3) is 0 Å². The first-order valence-corrected chi connectivity index (χ1v) is 2.45. The van der Waals surface area contributed by atoms with Crippen molar-refractivity contribution in [3.05, 3.63) is 0 Å². The van der Waals surface area contributed by atoms with Gasteiger partial charge in [-0.25, -0.2) is 4.39 Å². The monoisotopic (exact) mass is 106 g/mol. The molecule has 7 heavy (non-hydrogen) atoms. The number of aliphatic hydroxyl groups excluding tert-OH is 1. The largest absolute Gasteiger partial charge is 0.364 e. The summed E-state index contributed by atoms with van der Waals surface area (Å²) in [4.78, 5) is 0. The van der Waals surface area contributed by atoms with Crippen LogP contribution in [0.1, 0.15) is 20.3 Å². The van der Waals surface area contributed by atoms with Gasteiger partial charge in [-0.15, -0.1) is 0 Å². The molecule has 0 aromatic carbocycles. The average Bonchev–Trinajstić information content (AvgIpc) is 1.27. The lowest BCUT2D eigenvalue weighted by atomic mass is 10.1. The van der Waals surface area contributed by atoms with Gasteiger partial charge in [0.05, 0.1) is 0 Å². The maximum Gasteiger partial charge on any atom is 0.196 e. The van der Waals surface area contributed by atoms with Gasteiger partial charge in [-0.05, 0) is 5.92 Å². The Labute approximate surface area is 43.2 Å². The summed E-state index contributed by atoms with van der Waals surface area (Å²) in [5, 5.41) is 8.06. The third-order valence-corrected chi connectivity index (χ3v) is 0.666. The zero-order valence-corrected chi connectivity index (χ0v) is 4.69. The van der Waals surface area contributed by atoms with Crippen LogP contribution in [0.25, 0.3) is 0 Å². The minimum Gasteiger partial charge on any atom is -0.364 e. The van der Waals surface area contributed by atoms with Crippen molar-refractivity contribution >= 4 is 0 Å². The molecule has 0 aromatic heterocycles. The first-order valence-electron chi connectivity index (χ1n) is 2.45. The van der Waals surface area contributed by atoms with E-state index in [0.29, 0.717) is 0 Å². The van der Waals surface area contributed by atoms with Crippen LogP contribution >= 0.6 is 0 Å². The zero-order valence-electron chi connectivity index (χ0n) is 4.69. The normalized spacial score (nSPS) is 15.0. The predicted octanol–water partition coefficient (Wildman–Crippen LogP) is 1.32. The lowest BCUT2D eigenvalue weighted by Crippen LogP contribution is -2.01. The molecule has 2 heteroatoms. The van der Waals surface area contributed by atoms with Crippen LogP contribution in [0.5, 0.6) is 0 Å². The van der Waals surface area contributed by atoms with E-state index in [9.17, 15) is 4.39 Å². The van der Waals surface area contributed by atoms with E-state index in [2.05, 4.69) is 0 Å². The number of rotatable bonds is 2. The highest BCUT2D eigenvalue weighted by molar-refractivity contribution is 4.43. The molecule has 0 bridgehead atoms. The van der Waals surface area contributed by atoms with Crippen LogP contribution in [0, 0.1) is 5.92 Å². The van der Waals surface area contributed by atoms with Crippen molar-refractivity contribution in [2.24, 2.45) is 5.92 Å². The van der Waals surface area contributed by atoms with Gasteiger partial charge in [-0.1, -0.05) is 13.8 Å². The van der Waals surface area contributed by atoms with Crippen LogP contribution in [0.3, 0.4) is 0 Å². The van der Waals surface area contributed by atoms with Crippen molar-refractivity contribution in [1.29, 1.82) is 0 Å². The molecule has 0 rings (SSSR count). The molecule has 0 heterocycles. The Morgan fingerprint density at radius 1 is 1.57 bits per heavy atom. The van der Waals surface area contributed by atoms with Crippen molar-refractivity contribution < 1.29 is 9.50 Å². The fraction of sp³-hybridized carbons (Fsp3) is 1.00. The predicted molar refractivity (Wildman–Crippen MR) is 26.6 cm³/mol. The molecule has 0 spiro atoms. The van der Waals surface area contributed by atoms with Crippen molar-refractivity contribution in [3.63, 3.8) is 0 Å². The minimum absolute atomic E-state index is 0.250. The maximum atomic E-state index is 11.5. The van der Waals surface area contributed by atoms with Crippen molar-refractivity contribution in [3.8, 4) is 0 Å². The van der Waals surface area contributed by atoms with Crippen LogP contribution in [-0.4, -0.2) is 11.5 Å². The lowest BCUT2D eigenvalue weighted by Gasteiger charge is -2.01. The molecule has 0 aliphatic heterocycles. The second-order valence-corrected chi connectivity index (χ2v) is 2.06. The van der Waals surface area contributed by atoms with Crippen molar-refractivity contribution in [1.82, 2.24) is 0 Å². The molecule has 1 N–H and O–H groups in total. The highest BCUT2D eigenvalue weighted by Crippen LogP contribution is 2.03. The Kier molecular flexibility index (Phi) is 2.92. The molecule has 1 unspecified atom stereocenters. The van der Waals surface area contributed by atoms with Gasteiger partial charge in [0.1, 0.15) is 0 Å². The zero-order chi connectivity index (χ0) is 5.86. The molecule has 0 fully saturated rings. The second kappa shape index (κ2) is 2.97. The number of hydrogen-bond acceptors (Lipinski definition) is 1. The lowest BCUT2D eigenvalue weighted by molar-refractivity contribution is 0.0240. The summed E-state index contributed by atoms with van der Waals surface area (Å²) in [7, 11) is 0. The molecule has 0 aliphatic carbocycles. The molecule has 0 aliphatic rings. The maximum absolute atomic E-state index is 11.5. The molecule has 0 aromatic rings. The topological polar surface area (TPSA) is 20.2 Å². The van der Waals surface area contributed by atoms with Crippen LogP contribution in [0.2, 0.25) is 0 Å². The molecular formula is C5H11FO. The van der Waals surface area contributed by atoms with E-state index < -0.39 is 6.36 Å². The summed E-state index contributed by atoms with van der Waals surface area (Å²) in [5.41, 5.74) is 0. The van der Waals surface area contributed by atoms with Crippen LogP contribution in [0.4, 0.5) is 4.39 Å². The summed E-state index contributed by atoms with van der Waals surface area (Å²) in [6, 6.07) is 0. The van der Waals surface area contributed by atoms with E-state index in [0.717, 1.165) is 0 Å². The number of hydrogen-bond donors (Lipinski definition) is 1. The van der Waals surface area contributed by atoms with E-state index in [1.165, 1.54) is 0 Å². The molecule has 0 amide bonds. The van der Waals surface area contributed by atoms with Crippen LogP contribution in [0.15, 0.2) is 0 Å². The van der Waals surface area contributed by atoms with Gasteiger partial charge in [-0.3, -0.25) is 0 Å². The number of alkyl halides is 1. The SMILES string of the molecule is CC(C)CC(O)F. The summed E-state index contributed by atoms with van der Waals surface area (Å²) in [6.45, 7) is 3.73. The van der Waals surface area contributed by atoms with Gasteiger partial charge in [-0.2, -0.15) is 0 Å². The molecule has 44 valence electrons. The van der Waals surface area contributed by atoms with Gasteiger partial charge >= 0.3 is 0 Å². The van der Waals surface area contributed by atoms with E-state index in [1.807, 2.05) is 13.8 Å². The highest BCUT2D eigenvalue weighted by Gasteiger charge is 2.01. The Morgan fingerprint density at radius 2 is 2.00 bits per heavy atom. The standard InChI is InChI=1S/C5H11FO/c1-4(2)3-5(6)7/h4-5,7H,3H2,1-2H3. The summed E-state index contributed by atoms with van der Waals surface area (Å²) in [5.74, 6) is 0.250. The summed E-state index contributed by atoms with van der Waals surface area (Å²) in [6.07, 6.45) is -1.38. The number of aliphatic hydroxyl groups is 1. The average molecular weight is 106 g/mol. The van der Waals surface area contributed by atoms with E-state index in [-0.39, 0.29) is 12.3 Å². The molecule has 1 nitrogen and oxygen atoms in total. The smallest absolute Gasteiger partial charge is 0.196 e. The van der Waals surface area contributed by atoms with Gasteiger partial charge in [0, 0.05) is 6.42 Å². The van der Waals surface area contributed by atoms with E-state index in [1.54, 1.807) is 0 Å². The molecule has 1 atom stereocenters. The Hall–Kier alpha value is -0.110. The third kappa shape index (κ3) is 5.89. The quantitative estimate of drug-likeness (QED) is 0.563. The fourth-order valence-corrected chi connectivity index (χ4v) is 0.389. The van der Waals surface area contributed by atoms with Crippen molar-refractivity contribution in [2.75, 3.05) is 0 Å². The van der Waals surface area contributed by atoms with E-state index >= 15 is 0 Å². The van der Waals surface area contributed by atoms with Gasteiger partial charge in [0.15, 0.2) is 6.36 Å². The first-order chi connectivity index (χ1) is 3.13. The van der Waals surface area contributed by atoms with Gasteiger partial charge in [0.2, 0.25) is 0 Å². The van der Waals surface area contributed by atoms with Crippen molar-refractivity contribution in [2.45, 2.75) is 26.6 Å². The Bertz CT molecular complexity index is 37.3.